The van der Waals surface area contributed by atoms with Crippen LogP contribution >= 0.6 is 0 Å². The third kappa shape index (κ3) is 6.53. The molecule has 1 heterocycles. The molecule has 2 aliphatic rings. The lowest BCUT2D eigenvalue weighted by atomic mass is 9.80. The summed E-state index contributed by atoms with van der Waals surface area (Å²) in [6.45, 7) is 8.44. The van der Waals surface area contributed by atoms with Gasteiger partial charge in [0.15, 0.2) is 0 Å². The standard InChI is InChI=1S/C30H37NO8S2/c1-29(2)24(22(8-6-16-40(34,35)36)23-13-11-20(32)18-25(23)29)9-5-10-28-30(3,4)26-19-21(33)12-14-27(26)31(28)15-7-17-41(37,38)39/h5,9-14,18-19,32-33H,6-8,15-17H2,1-4H3,(H,34,35,36)(H,37,38,39)/b9-5?,28-10+. The van der Waals surface area contributed by atoms with Gasteiger partial charge in [-0.15, -0.1) is 0 Å². The van der Waals surface area contributed by atoms with Crippen molar-refractivity contribution in [2.75, 3.05) is 23.0 Å². The Kier molecular flexibility index (Phi) is 8.23. The fourth-order valence-corrected chi connectivity index (χ4v) is 7.04. The molecule has 0 radical (unpaired) electrons. The van der Waals surface area contributed by atoms with E-state index in [1.165, 1.54) is 0 Å². The molecule has 0 bridgehead atoms. The molecule has 2 aromatic rings. The third-order valence-corrected chi connectivity index (χ3v) is 9.61. The molecule has 0 saturated carbocycles. The Bertz CT molecular complexity index is 1670. The number of fused-ring (bicyclic) bond motifs is 2. The predicted molar refractivity (Wildman–Crippen MR) is 160 cm³/mol. The molecule has 1 aliphatic heterocycles. The molecule has 2 aromatic carbocycles. The van der Waals surface area contributed by atoms with E-state index in [4.69, 9.17) is 0 Å². The van der Waals surface area contributed by atoms with E-state index in [9.17, 15) is 36.2 Å². The highest BCUT2D eigenvalue weighted by atomic mass is 32.2. The van der Waals surface area contributed by atoms with Crippen LogP contribution in [0.25, 0.3) is 5.57 Å². The summed E-state index contributed by atoms with van der Waals surface area (Å²) in [6, 6.07) is 10.2. The number of rotatable bonds is 10. The van der Waals surface area contributed by atoms with Crippen molar-refractivity contribution >= 4 is 31.5 Å². The molecule has 4 rings (SSSR count). The van der Waals surface area contributed by atoms with Crippen LogP contribution in [0.15, 0.2) is 65.9 Å². The molecule has 0 atom stereocenters. The summed E-state index contributed by atoms with van der Waals surface area (Å²) in [5, 5.41) is 20.4. The fraction of sp³-hybridized carbons (Fsp3) is 0.400. The van der Waals surface area contributed by atoms with Gasteiger partial charge in [-0.1, -0.05) is 45.9 Å². The first-order valence-electron chi connectivity index (χ1n) is 13.4. The van der Waals surface area contributed by atoms with Gasteiger partial charge in [0.25, 0.3) is 20.2 Å². The lowest BCUT2D eigenvalue weighted by Gasteiger charge is -2.27. The highest BCUT2D eigenvalue weighted by Gasteiger charge is 2.40. The second-order valence-corrected chi connectivity index (χ2v) is 14.8. The molecule has 4 N–H and O–H groups in total. The predicted octanol–water partition coefficient (Wildman–Crippen LogP) is 5.33. The fourth-order valence-electron chi connectivity index (χ4n) is 6.03. The van der Waals surface area contributed by atoms with Gasteiger partial charge in [-0.2, -0.15) is 16.8 Å². The zero-order valence-electron chi connectivity index (χ0n) is 23.6. The van der Waals surface area contributed by atoms with Crippen LogP contribution in [0, 0.1) is 0 Å². The molecule has 9 nitrogen and oxygen atoms in total. The molecular weight excluding hydrogens is 566 g/mol. The first kappa shape index (κ1) is 30.8. The van der Waals surface area contributed by atoms with Crippen LogP contribution in [0.3, 0.4) is 0 Å². The van der Waals surface area contributed by atoms with Gasteiger partial charge in [0.1, 0.15) is 11.5 Å². The summed E-state index contributed by atoms with van der Waals surface area (Å²) >= 11 is 0. The van der Waals surface area contributed by atoms with Gasteiger partial charge in [-0.05, 0) is 83.5 Å². The molecule has 0 aromatic heterocycles. The summed E-state index contributed by atoms with van der Waals surface area (Å²) in [4.78, 5) is 2.00. The zero-order chi connectivity index (χ0) is 30.4. The van der Waals surface area contributed by atoms with Gasteiger partial charge in [0.2, 0.25) is 0 Å². The van der Waals surface area contributed by atoms with Crippen LogP contribution < -0.4 is 4.90 Å². The zero-order valence-corrected chi connectivity index (χ0v) is 25.3. The minimum Gasteiger partial charge on any atom is -0.508 e. The van der Waals surface area contributed by atoms with Gasteiger partial charge in [0, 0.05) is 28.8 Å². The Morgan fingerprint density at radius 1 is 0.805 bits per heavy atom. The van der Waals surface area contributed by atoms with Crippen molar-refractivity contribution in [2.45, 2.75) is 57.8 Å². The number of anilines is 1. The van der Waals surface area contributed by atoms with E-state index in [-0.39, 0.29) is 35.8 Å². The Morgan fingerprint density at radius 2 is 1.39 bits per heavy atom. The van der Waals surface area contributed by atoms with Crippen molar-refractivity contribution in [1.82, 2.24) is 0 Å². The van der Waals surface area contributed by atoms with Gasteiger partial charge >= 0.3 is 0 Å². The average molecular weight is 604 g/mol. The van der Waals surface area contributed by atoms with Crippen molar-refractivity contribution in [3.63, 3.8) is 0 Å². The van der Waals surface area contributed by atoms with Gasteiger partial charge < -0.3 is 15.1 Å². The highest BCUT2D eigenvalue weighted by Crippen LogP contribution is 2.51. The van der Waals surface area contributed by atoms with E-state index in [1.54, 1.807) is 30.3 Å². The molecule has 0 spiro atoms. The maximum atomic E-state index is 11.4. The number of benzene rings is 2. The summed E-state index contributed by atoms with van der Waals surface area (Å²) < 4.78 is 64.0. The molecule has 41 heavy (non-hydrogen) atoms. The largest absolute Gasteiger partial charge is 0.508 e. The van der Waals surface area contributed by atoms with E-state index in [0.717, 1.165) is 39.2 Å². The van der Waals surface area contributed by atoms with E-state index >= 15 is 0 Å². The van der Waals surface area contributed by atoms with Crippen molar-refractivity contribution in [1.29, 1.82) is 0 Å². The van der Waals surface area contributed by atoms with Crippen molar-refractivity contribution in [3.05, 3.63) is 82.6 Å². The molecular formula is C30H37NO8S2. The van der Waals surface area contributed by atoms with Crippen molar-refractivity contribution in [2.24, 2.45) is 0 Å². The lowest BCUT2D eigenvalue weighted by Crippen LogP contribution is -2.28. The number of aromatic hydroxyl groups is 2. The summed E-state index contributed by atoms with van der Waals surface area (Å²) in [5.74, 6) is -0.474. The minimum absolute atomic E-state index is 0.125. The van der Waals surface area contributed by atoms with Crippen molar-refractivity contribution in [3.8, 4) is 11.5 Å². The van der Waals surface area contributed by atoms with Crippen LogP contribution in [0.1, 0.15) is 63.6 Å². The van der Waals surface area contributed by atoms with Crippen LogP contribution in [-0.2, 0) is 31.1 Å². The number of hydrogen-bond acceptors (Lipinski definition) is 7. The average Bonchev–Trinajstić information content (AvgIpc) is 3.16. The topological polar surface area (TPSA) is 152 Å². The second-order valence-electron chi connectivity index (χ2n) is 11.7. The first-order chi connectivity index (χ1) is 18.9. The maximum Gasteiger partial charge on any atom is 0.264 e. The number of phenolic OH excluding ortho intramolecular Hbond substituents is 2. The Hall–Kier alpha value is -3.12. The number of nitrogens with zero attached hydrogens (tertiary/aromatic N) is 1. The second kappa shape index (κ2) is 10.9. The first-order valence-corrected chi connectivity index (χ1v) is 16.6. The third-order valence-electron chi connectivity index (χ3n) is 8.01. The van der Waals surface area contributed by atoms with Gasteiger partial charge in [0.05, 0.1) is 11.5 Å². The van der Waals surface area contributed by atoms with Crippen LogP contribution in [-0.4, -0.2) is 54.2 Å². The SMILES string of the molecule is CC1(C)C(C=C/C=C2/N(CCCS(=O)(=O)O)c3ccc(O)cc3C2(C)C)=C(CCCS(=O)(=O)O)c2ccc(O)cc21. The van der Waals surface area contributed by atoms with E-state index < -0.39 is 31.1 Å². The Morgan fingerprint density at radius 3 is 2.02 bits per heavy atom. The van der Waals surface area contributed by atoms with E-state index in [2.05, 4.69) is 0 Å². The molecule has 0 unspecified atom stereocenters. The van der Waals surface area contributed by atoms with Gasteiger partial charge in [-0.3, -0.25) is 9.11 Å². The minimum atomic E-state index is -4.12. The Balaban J connectivity index is 1.74. The lowest BCUT2D eigenvalue weighted by molar-refractivity contribution is 0.472. The number of phenols is 2. The monoisotopic (exact) mass is 603 g/mol. The van der Waals surface area contributed by atoms with Crippen molar-refractivity contribution < 1.29 is 36.2 Å². The summed E-state index contributed by atoms with van der Waals surface area (Å²) in [5.41, 5.74) is 5.32. The molecule has 0 saturated heterocycles. The maximum absolute atomic E-state index is 11.4. The quantitative estimate of drug-likeness (QED) is 0.264. The van der Waals surface area contributed by atoms with Gasteiger partial charge in [-0.25, -0.2) is 0 Å². The van der Waals surface area contributed by atoms with E-state index in [0.29, 0.717) is 13.0 Å². The highest BCUT2D eigenvalue weighted by molar-refractivity contribution is 7.86. The molecule has 0 fully saturated rings. The van der Waals surface area contributed by atoms with Crippen LogP contribution in [0.2, 0.25) is 0 Å². The molecule has 222 valence electrons. The van der Waals surface area contributed by atoms with E-state index in [1.807, 2.05) is 56.9 Å². The summed E-state index contributed by atoms with van der Waals surface area (Å²) in [6.07, 6.45) is 6.67. The smallest absolute Gasteiger partial charge is 0.264 e. The number of hydrogen-bond donors (Lipinski definition) is 4. The van der Waals surface area contributed by atoms with Crippen LogP contribution in [0.4, 0.5) is 5.69 Å². The summed E-state index contributed by atoms with van der Waals surface area (Å²) in [7, 11) is -8.22. The van der Waals surface area contributed by atoms with Crippen LogP contribution in [0.5, 0.6) is 11.5 Å². The normalized spacial score (nSPS) is 18.9. The number of allylic oxidation sites excluding steroid dienone is 6. The molecule has 1 aliphatic carbocycles. The Labute approximate surface area is 242 Å². The molecule has 0 amide bonds. The molecule has 11 heteroatoms.